The molecule has 0 unspecified atom stereocenters. The number of fused-ring (bicyclic) bond motifs is 2. The van der Waals surface area contributed by atoms with Gasteiger partial charge < -0.3 is 5.32 Å². The third-order valence-corrected chi connectivity index (χ3v) is 4.30. The largest absolute Gasteiger partial charge is 0.322 e. The molecule has 4 rings (SSSR count). The van der Waals surface area contributed by atoms with Crippen molar-refractivity contribution in [3.05, 3.63) is 71.7 Å². The van der Waals surface area contributed by atoms with Crippen LogP contribution in [0, 0.1) is 5.51 Å². The normalized spacial score (nSPS) is 10.9. The predicted octanol–water partition coefficient (Wildman–Crippen LogP) is 4.50. The second-order valence-corrected chi connectivity index (χ2v) is 5.80. The Hall–Kier alpha value is -2.72. The van der Waals surface area contributed by atoms with E-state index >= 15 is 0 Å². The van der Waals surface area contributed by atoms with Gasteiger partial charge in [-0.05, 0) is 35.0 Å². The number of amides is 1. The van der Waals surface area contributed by atoms with E-state index in [4.69, 9.17) is 0 Å². The van der Waals surface area contributed by atoms with E-state index in [0.717, 1.165) is 26.7 Å². The van der Waals surface area contributed by atoms with Gasteiger partial charge in [0, 0.05) is 11.3 Å². The highest BCUT2D eigenvalue weighted by molar-refractivity contribution is 7.16. The van der Waals surface area contributed by atoms with Gasteiger partial charge in [-0.15, -0.1) is 11.3 Å². The van der Waals surface area contributed by atoms with E-state index in [1.54, 1.807) is 0 Å². The number of nitrogens with zero attached hydrogens (tertiary/aromatic N) is 1. The van der Waals surface area contributed by atoms with E-state index in [0.29, 0.717) is 5.56 Å². The van der Waals surface area contributed by atoms with Crippen molar-refractivity contribution in [1.29, 1.82) is 0 Å². The zero-order valence-electron chi connectivity index (χ0n) is 11.5. The summed E-state index contributed by atoms with van der Waals surface area (Å²) in [7, 11) is 0. The lowest BCUT2D eigenvalue weighted by atomic mass is 10.0. The van der Waals surface area contributed by atoms with Crippen molar-refractivity contribution in [3.8, 4) is 0 Å². The summed E-state index contributed by atoms with van der Waals surface area (Å²) < 4.78 is 1.01. The molecular weight excluding hydrogens is 292 g/mol. The van der Waals surface area contributed by atoms with Crippen molar-refractivity contribution in [2.24, 2.45) is 0 Å². The number of carbonyl (C=O) groups excluding carboxylic acids is 1. The minimum atomic E-state index is -0.107. The SMILES string of the molecule is O=C(Nc1ccc2n[c]sc2c1)c1cccc2ccccc12. The molecule has 1 heterocycles. The van der Waals surface area contributed by atoms with Gasteiger partial charge in [-0.1, -0.05) is 36.4 Å². The molecule has 1 N–H and O–H groups in total. The number of benzene rings is 3. The van der Waals surface area contributed by atoms with Crippen LogP contribution in [-0.2, 0) is 0 Å². The fourth-order valence-corrected chi connectivity index (χ4v) is 3.16. The Labute approximate surface area is 131 Å². The van der Waals surface area contributed by atoms with E-state index in [1.165, 1.54) is 11.3 Å². The molecule has 0 bridgehead atoms. The van der Waals surface area contributed by atoms with Crippen molar-refractivity contribution < 1.29 is 4.79 Å². The van der Waals surface area contributed by atoms with Gasteiger partial charge in [0.05, 0.1) is 10.2 Å². The lowest BCUT2D eigenvalue weighted by Gasteiger charge is -2.08. The Morgan fingerprint density at radius 1 is 1.05 bits per heavy atom. The van der Waals surface area contributed by atoms with Gasteiger partial charge in [0.15, 0.2) is 5.51 Å². The number of hydrogen-bond donors (Lipinski definition) is 1. The molecule has 0 atom stereocenters. The minimum Gasteiger partial charge on any atom is -0.322 e. The van der Waals surface area contributed by atoms with E-state index in [-0.39, 0.29) is 5.91 Å². The molecule has 1 aromatic heterocycles. The summed E-state index contributed by atoms with van der Waals surface area (Å²) in [6.07, 6.45) is 0. The molecule has 0 saturated carbocycles. The highest BCUT2D eigenvalue weighted by Crippen LogP contribution is 2.23. The number of thiazole rings is 1. The van der Waals surface area contributed by atoms with Gasteiger partial charge in [0.1, 0.15) is 0 Å². The van der Waals surface area contributed by atoms with Crippen LogP contribution < -0.4 is 5.32 Å². The van der Waals surface area contributed by atoms with E-state index in [1.807, 2.05) is 60.7 Å². The summed E-state index contributed by atoms with van der Waals surface area (Å²) >= 11 is 1.44. The average Bonchev–Trinajstić information content (AvgIpc) is 3.02. The highest BCUT2D eigenvalue weighted by atomic mass is 32.1. The monoisotopic (exact) mass is 303 g/mol. The van der Waals surface area contributed by atoms with Gasteiger partial charge in [-0.2, -0.15) is 0 Å². The molecule has 0 aliphatic rings. The summed E-state index contributed by atoms with van der Waals surface area (Å²) in [5.74, 6) is -0.107. The Bertz CT molecular complexity index is 985. The van der Waals surface area contributed by atoms with Crippen LogP contribution in [0.25, 0.3) is 21.0 Å². The van der Waals surface area contributed by atoms with Crippen LogP contribution in [0.4, 0.5) is 5.69 Å². The number of aromatic nitrogens is 1. The molecule has 3 nitrogen and oxygen atoms in total. The third kappa shape index (κ3) is 2.23. The lowest BCUT2D eigenvalue weighted by molar-refractivity contribution is 0.102. The van der Waals surface area contributed by atoms with Gasteiger partial charge in [0.25, 0.3) is 5.91 Å². The molecule has 4 heteroatoms. The number of rotatable bonds is 2. The van der Waals surface area contributed by atoms with E-state index < -0.39 is 0 Å². The zero-order valence-corrected chi connectivity index (χ0v) is 12.4. The molecule has 0 spiro atoms. The number of nitrogens with one attached hydrogen (secondary N) is 1. The summed E-state index contributed by atoms with van der Waals surface area (Å²) in [6, 6.07) is 19.3. The second-order valence-electron chi connectivity index (χ2n) is 4.97. The average molecular weight is 303 g/mol. The van der Waals surface area contributed by atoms with E-state index in [2.05, 4.69) is 15.8 Å². The summed E-state index contributed by atoms with van der Waals surface area (Å²) in [5.41, 5.74) is 5.19. The first-order chi connectivity index (χ1) is 10.8. The van der Waals surface area contributed by atoms with Crippen molar-refractivity contribution in [2.45, 2.75) is 0 Å². The Morgan fingerprint density at radius 3 is 2.86 bits per heavy atom. The summed E-state index contributed by atoms with van der Waals surface area (Å²) in [4.78, 5) is 16.7. The van der Waals surface area contributed by atoms with Crippen molar-refractivity contribution in [3.63, 3.8) is 0 Å². The van der Waals surface area contributed by atoms with Crippen LogP contribution in [0.2, 0.25) is 0 Å². The molecule has 22 heavy (non-hydrogen) atoms. The van der Waals surface area contributed by atoms with Crippen LogP contribution in [0.15, 0.2) is 60.7 Å². The quantitative estimate of drug-likeness (QED) is 0.592. The first kappa shape index (κ1) is 13.0. The zero-order chi connectivity index (χ0) is 14.9. The lowest BCUT2D eigenvalue weighted by Crippen LogP contribution is -2.12. The summed E-state index contributed by atoms with van der Waals surface area (Å²) in [6.45, 7) is 0. The van der Waals surface area contributed by atoms with Gasteiger partial charge >= 0.3 is 0 Å². The predicted molar refractivity (Wildman–Crippen MR) is 90.4 cm³/mol. The maximum atomic E-state index is 12.6. The molecule has 0 aliphatic carbocycles. The fourth-order valence-electron chi connectivity index (χ4n) is 2.51. The van der Waals surface area contributed by atoms with Crippen molar-refractivity contribution in [2.75, 3.05) is 5.32 Å². The third-order valence-electron chi connectivity index (χ3n) is 3.57. The van der Waals surface area contributed by atoms with Gasteiger partial charge in [0.2, 0.25) is 0 Å². The number of hydrogen-bond acceptors (Lipinski definition) is 3. The molecule has 0 aliphatic heterocycles. The fraction of sp³-hybridized carbons (Fsp3) is 0. The first-order valence-corrected chi connectivity index (χ1v) is 7.69. The number of anilines is 1. The van der Waals surface area contributed by atoms with Gasteiger partial charge in [-0.3, -0.25) is 4.79 Å². The van der Waals surface area contributed by atoms with Gasteiger partial charge in [-0.25, -0.2) is 4.98 Å². The van der Waals surface area contributed by atoms with Crippen LogP contribution in [-0.4, -0.2) is 10.9 Å². The Kier molecular flexibility index (Phi) is 3.09. The second kappa shape index (κ2) is 5.24. The van der Waals surface area contributed by atoms with Crippen molar-refractivity contribution in [1.82, 2.24) is 4.98 Å². The standard InChI is InChI=1S/C18H11N2OS/c21-18(15-7-3-5-12-4-1-2-6-14(12)15)20-13-8-9-16-17(10-13)22-11-19-16/h1-10H,(H,20,21). The Balaban J connectivity index is 1.71. The molecule has 1 radical (unpaired) electrons. The smallest absolute Gasteiger partial charge is 0.256 e. The molecule has 3 aromatic carbocycles. The van der Waals surface area contributed by atoms with Crippen LogP contribution in [0.3, 0.4) is 0 Å². The first-order valence-electron chi connectivity index (χ1n) is 6.87. The topological polar surface area (TPSA) is 42.0 Å². The van der Waals surface area contributed by atoms with Crippen LogP contribution >= 0.6 is 11.3 Å². The molecule has 4 aromatic rings. The molecular formula is C18H11N2OS. The van der Waals surface area contributed by atoms with E-state index in [9.17, 15) is 4.79 Å². The maximum absolute atomic E-state index is 12.6. The molecule has 105 valence electrons. The highest BCUT2D eigenvalue weighted by Gasteiger charge is 2.10. The molecule has 0 saturated heterocycles. The molecule has 1 amide bonds. The summed E-state index contributed by atoms with van der Waals surface area (Å²) in [5, 5.41) is 4.97. The maximum Gasteiger partial charge on any atom is 0.256 e. The van der Waals surface area contributed by atoms with Crippen LogP contribution in [0.5, 0.6) is 0 Å². The minimum absolute atomic E-state index is 0.107. The number of carbonyl (C=O) groups is 1. The van der Waals surface area contributed by atoms with Crippen LogP contribution in [0.1, 0.15) is 10.4 Å². The van der Waals surface area contributed by atoms with Crippen molar-refractivity contribution >= 4 is 43.9 Å². The Morgan fingerprint density at radius 2 is 1.91 bits per heavy atom. The molecule has 0 fully saturated rings.